The van der Waals surface area contributed by atoms with E-state index in [1.54, 1.807) is 42.3 Å². The predicted molar refractivity (Wildman–Crippen MR) is 158 cm³/mol. The Hall–Kier alpha value is -4.05. The van der Waals surface area contributed by atoms with Gasteiger partial charge in [0.2, 0.25) is 11.0 Å². The molecular formula is C28H25ClN6O4S2. The lowest BCUT2D eigenvalue weighted by atomic mass is 9.76. The molecule has 1 amide bonds. The van der Waals surface area contributed by atoms with Crippen LogP contribution in [0.5, 0.6) is 11.5 Å². The monoisotopic (exact) mass is 608 g/mol. The average Bonchev–Trinajstić information content (AvgIpc) is 3.44. The minimum Gasteiger partial charge on any atom is -0.497 e. The molecule has 2 aromatic carbocycles. The Morgan fingerprint density at radius 1 is 1.22 bits per heavy atom. The third-order valence-electron chi connectivity index (χ3n) is 6.71. The van der Waals surface area contributed by atoms with Gasteiger partial charge in [0.25, 0.3) is 0 Å². The van der Waals surface area contributed by atoms with Gasteiger partial charge in [-0.1, -0.05) is 46.8 Å². The molecule has 1 unspecified atom stereocenters. The number of methoxy groups -OCH3 is 2. The summed E-state index contributed by atoms with van der Waals surface area (Å²) in [6.45, 7) is 0. The summed E-state index contributed by atoms with van der Waals surface area (Å²) in [6, 6.07) is 14.4. The second kappa shape index (κ2) is 12.2. The molecular weight excluding hydrogens is 584 g/mol. The maximum Gasteiger partial charge on any atom is 0.234 e. The third kappa shape index (κ3) is 5.74. The highest BCUT2D eigenvalue weighted by Gasteiger charge is 2.41. The van der Waals surface area contributed by atoms with Gasteiger partial charge in [0.1, 0.15) is 17.3 Å². The fourth-order valence-electron chi connectivity index (χ4n) is 4.86. The van der Waals surface area contributed by atoms with Gasteiger partial charge in [-0.25, -0.2) is 0 Å². The summed E-state index contributed by atoms with van der Waals surface area (Å²) in [6.07, 6.45) is 1.64. The number of hydrogen-bond acceptors (Lipinski definition) is 11. The summed E-state index contributed by atoms with van der Waals surface area (Å²) in [5, 5.41) is 22.5. The predicted octanol–water partition coefficient (Wildman–Crippen LogP) is 5.24. The SMILES string of the molecule is COc1ccc(NC(=O)CSc2nnc(N3C(N)=C(C#N)C(c4ccc(Cl)cc4)C4=C3CCCC4=O)s2)c(OC)c1. The van der Waals surface area contributed by atoms with Gasteiger partial charge in [-0.15, -0.1) is 10.2 Å². The Labute approximate surface area is 249 Å². The van der Waals surface area contributed by atoms with Crippen molar-refractivity contribution < 1.29 is 19.1 Å². The maximum atomic E-state index is 13.3. The lowest BCUT2D eigenvalue weighted by Crippen LogP contribution is -2.38. The van der Waals surface area contributed by atoms with Crippen LogP contribution in [0.3, 0.4) is 0 Å². The zero-order valence-electron chi connectivity index (χ0n) is 22.1. The summed E-state index contributed by atoms with van der Waals surface area (Å²) < 4.78 is 11.1. The first-order chi connectivity index (χ1) is 19.8. The number of amides is 1. The van der Waals surface area contributed by atoms with Crippen LogP contribution in [0.2, 0.25) is 5.02 Å². The summed E-state index contributed by atoms with van der Waals surface area (Å²) in [5.41, 5.74) is 9.41. The number of ketones is 1. The Kier molecular flexibility index (Phi) is 8.49. The lowest BCUT2D eigenvalue weighted by Gasteiger charge is -2.38. The van der Waals surface area contributed by atoms with Crippen molar-refractivity contribution >= 4 is 57.2 Å². The highest BCUT2D eigenvalue weighted by Crippen LogP contribution is 2.47. The first kappa shape index (κ1) is 28.5. The van der Waals surface area contributed by atoms with E-state index < -0.39 is 5.92 Å². The number of nitriles is 1. The van der Waals surface area contributed by atoms with E-state index in [4.69, 9.17) is 26.8 Å². The molecule has 0 bridgehead atoms. The van der Waals surface area contributed by atoms with E-state index in [9.17, 15) is 14.9 Å². The van der Waals surface area contributed by atoms with Crippen molar-refractivity contribution in [2.45, 2.75) is 29.5 Å². The number of anilines is 2. The number of nitrogens with zero attached hydrogens (tertiary/aromatic N) is 4. The van der Waals surface area contributed by atoms with Crippen LogP contribution in [0, 0.1) is 11.3 Å². The van der Waals surface area contributed by atoms with Crippen LogP contribution in [-0.4, -0.2) is 41.9 Å². The van der Waals surface area contributed by atoms with E-state index in [0.29, 0.717) is 56.5 Å². The molecule has 0 radical (unpaired) electrons. The smallest absolute Gasteiger partial charge is 0.234 e. The van der Waals surface area contributed by atoms with Crippen molar-refractivity contribution in [3.63, 3.8) is 0 Å². The van der Waals surface area contributed by atoms with Crippen LogP contribution in [0.15, 0.2) is 69.5 Å². The molecule has 41 heavy (non-hydrogen) atoms. The number of benzene rings is 2. The summed E-state index contributed by atoms with van der Waals surface area (Å²) in [5.74, 6) is 0.496. The molecule has 1 aliphatic heterocycles. The van der Waals surface area contributed by atoms with E-state index in [1.165, 1.54) is 30.2 Å². The van der Waals surface area contributed by atoms with E-state index in [1.807, 2.05) is 12.1 Å². The number of Topliss-reactive ketones (excluding diaryl/α,β-unsaturated/α-hetero) is 1. The Morgan fingerprint density at radius 2 is 2.00 bits per heavy atom. The molecule has 0 saturated carbocycles. The number of rotatable bonds is 8. The molecule has 2 aliphatic rings. The summed E-state index contributed by atoms with van der Waals surface area (Å²) in [4.78, 5) is 27.6. The Morgan fingerprint density at radius 3 is 2.71 bits per heavy atom. The van der Waals surface area contributed by atoms with Gasteiger partial charge in [-0.05, 0) is 42.7 Å². The molecule has 0 saturated heterocycles. The van der Waals surface area contributed by atoms with Crippen LogP contribution >= 0.6 is 34.7 Å². The average molecular weight is 609 g/mol. The molecule has 2 heterocycles. The maximum absolute atomic E-state index is 13.3. The van der Waals surface area contributed by atoms with Crippen LogP contribution < -0.4 is 25.4 Å². The van der Waals surface area contributed by atoms with Gasteiger partial charge < -0.3 is 20.5 Å². The molecule has 10 nitrogen and oxygen atoms in total. The number of ether oxygens (including phenoxy) is 2. The molecule has 0 spiro atoms. The van der Waals surface area contributed by atoms with Gasteiger partial charge in [0.15, 0.2) is 10.1 Å². The van der Waals surface area contributed by atoms with Gasteiger partial charge in [0.05, 0.1) is 43.2 Å². The number of hydrogen-bond donors (Lipinski definition) is 2. The third-order valence-corrected chi connectivity index (χ3v) is 9.01. The molecule has 3 N–H and O–H groups in total. The second-order valence-electron chi connectivity index (χ2n) is 9.12. The minimum atomic E-state index is -0.586. The van der Waals surface area contributed by atoms with Crippen molar-refractivity contribution in [2.24, 2.45) is 5.73 Å². The van der Waals surface area contributed by atoms with Gasteiger partial charge in [-0.3, -0.25) is 14.5 Å². The normalized spacial score (nSPS) is 16.8. The van der Waals surface area contributed by atoms with E-state index in [2.05, 4.69) is 21.6 Å². The number of nitrogens with one attached hydrogen (secondary N) is 1. The minimum absolute atomic E-state index is 0.0267. The summed E-state index contributed by atoms with van der Waals surface area (Å²) >= 11 is 8.54. The first-order valence-corrected chi connectivity index (χ1v) is 14.7. The second-order valence-corrected chi connectivity index (χ2v) is 11.7. The van der Waals surface area contributed by atoms with Crippen molar-refractivity contribution in [3.8, 4) is 17.6 Å². The van der Waals surface area contributed by atoms with Crippen molar-refractivity contribution in [1.82, 2.24) is 10.2 Å². The largest absolute Gasteiger partial charge is 0.497 e. The van der Waals surface area contributed by atoms with Crippen molar-refractivity contribution in [1.29, 1.82) is 5.26 Å². The molecule has 3 aromatic rings. The number of carbonyl (C=O) groups is 2. The Bertz CT molecular complexity index is 1610. The van der Waals surface area contributed by atoms with Crippen molar-refractivity contribution in [3.05, 3.63) is 75.7 Å². The van der Waals surface area contributed by atoms with Gasteiger partial charge in [0, 0.05) is 28.8 Å². The molecule has 1 aliphatic carbocycles. The molecule has 210 valence electrons. The quantitative estimate of drug-likeness (QED) is 0.326. The standard InChI is InChI=1S/C28H25ClN6O4S2/c1-38-17-10-11-19(22(12-17)39-2)32-23(37)14-40-28-34-33-27(41-28)35-20-4-3-5-21(36)25(20)24(18(13-30)26(35)31)15-6-8-16(29)9-7-15/h6-12,24H,3-5,14,31H2,1-2H3,(H,32,37). The number of halogens is 1. The molecule has 0 fully saturated rings. The van der Waals surface area contributed by atoms with E-state index in [-0.39, 0.29) is 28.8 Å². The van der Waals surface area contributed by atoms with Crippen molar-refractivity contribution in [2.75, 3.05) is 30.2 Å². The topological polar surface area (TPSA) is 143 Å². The Balaban J connectivity index is 1.38. The zero-order valence-corrected chi connectivity index (χ0v) is 24.5. The fraction of sp³-hybridized carbons (Fsp3) is 0.250. The molecule has 13 heteroatoms. The number of aromatic nitrogens is 2. The van der Waals surface area contributed by atoms with Crippen LogP contribution in [0.4, 0.5) is 10.8 Å². The van der Waals surface area contributed by atoms with E-state index >= 15 is 0 Å². The zero-order chi connectivity index (χ0) is 29.1. The highest BCUT2D eigenvalue weighted by molar-refractivity contribution is 8.01. The molecule has 1 atom stereocenters. The van der Waals surface area contributed by atoms with Crippen LogP contribution in [-0.2, 0) is 9.59 Å². The molecule has 1 aromatic heterocycles. The van der Waals surface area contributed by atoms with Crippen LogP contribution in [0.1, 0.15) is 30.7 Å². The van der Waals surface area contributed by atoms with Gasteiger partial charge in [-0.2, -0.15) is 5.26 Å². The van der Waals surface area contributed by atoms with Gasteiger partial charge >= 0.3 is 0 Å². The highest BCUT2D eigenvalue weighted by atomic mass is 35.5. The summed E-state index contributed by atoms with van der Waals surface area (Å²) in [7, 11) is 3.06. The lowest BCUT2D eigenvalue weighted by molar-refractivity contribution is -0.116. The molecule has 5 rings (SSSR count). The number of thioether (sulfide) groups is 1. The number of nitrogens with two attached hydrogens (primary N) is 1. The van der Waals surface area contributed by atoms with Crippen LogP contribution in [0.25, 0.3) is 0 Å². The van der Waals surface area contributed by atoms with E-state index in [0.717, 1.165) is 11.3 Å². The number of carbonyl (C=O) groups excluding carboxylic acids is 2. The first-order valence-electron chi connectivity index (χ1n) is 12.5. The fourth-order valence-corrected chi connectivity index (χ4v) is 6.67. The number of allylic oxidation sites excluding steroid dienone is 3.